The first kappa shape index (κ1) is 12.1. The van der Waals surface area contributed by atoms with E-state index in [9.17, 15) is 13.2 Å². The van der Waals surface area contributed by atoms with Gasteiger partial charge in [-0.3, -0.25) is 0 Å². The van der Waals surface area contributed by atoms with Crippen molar-refractivity contribution in [2.45, 2.75) is 30.9 Å². The second-order valence-corrected chi connectivity index (χ2v) is 6.68. The van der Waals surface area contributed by atoms with Crippen LogP contribution in [0.5, 0.6) is 0 Å². The molecule has 7 heteroatoms. The normalized spacial score (nSPS) is 18.0. The third-order valence-electron chi connectivity index (χ3n) is 2.82. The van der Waals surface area contributed by atoms with Crippen LogP contribution >= 0.6 is 0 Å². The van der Waals surface area contributed by atoms with Crippen molar-refractivity contribution in [3.05, 3.63) is 17.3 Å². The molecule has 0 aromatic carbocycles. The van der Waals surface area contributed by atoms with Crippen LogP contribution in [0.15, 0.2) is 4.42 Å². The van der Waals surface area contributed by atoms with Crippen molar-refractivity contribution in [1.82, 2.24) is 4.98 Å². The minimum atomic E-state index is -3.34. The molecule has 1 atom stereocenters. The maximum absolute atomic E-state index is 11.4. The number of sulfone groups is 1. The second kappa shape index (κ2) is 3.83. The number of nitrogens with zero attached hydrogens (tertiary/aromatic N) is 1. The molecule has 1 aromatic rings. The van der Waals surface area contributed by atoms with Crippen molar-refractivity contribution < 1.29 is 22.7 Å². The predicted octanol–water partition coefficient (Wildman–Crippen LogP) is 1.36. The zero-order chi connectivity index (χ0) is 12.8. The number of aromatic nitrogens is 1. The molecule has 1 unspecified atom stereocenters. The highest BCUT2D eigenvalue weighted by molar-refractivity contribution is 7.90. The topological polar surface area (TPSA) is 97.5 Å². The Kier molecular flexibility index (Phi) is 2.73. The average molecular weight is 259 g/mol. The smallest absolute Gasteiger partial charge is 0.373 e. The van der Waals surface area contributed by atoms with Crippen LogP contribution < -0.4 is 0 Å². The molecule has 1 fully saturated rings. The molecule has 1 N–H and O–H groups in total. The maximum Gasteiger partial charge on any atom is 0.373 e. The van der Waals surface area contributed by atoms with Crippen LogP contribution in [-0.4, -0.2) is 30.7 Å². The summed E-state index contributed by atoms with van der Waals surface area (Å²) < 4.78 is 27.8. The van der Waals surface area contributed by atoms with Crippen molar-refractivity contribution in [3.63, 3.8) is 0 Å². The molecule has 1 aliphatic rings. The van der Waals surface area contributed by atoms with Gasteiger partial charge in [0.25, 0.3) is 0 Å². The largest absolute Gasteiger partial charge is 0.475 e. The van der Waals surface area contributed by atoms with Crippen LogP contribution in [0.2, 0.25) is 0 Å². The average Bonchev–Trinajstić information content (AvgIpc) is 2.94. The van der Waals surface area contributed by atoms with E-state index in [-0.39, 0.29) is 17.6 Å². The maximum atomic E-state index is 11.4. The molecule has 0 saturated heterocycles. The fourth-order valence-electron chi connectivity index (χ4n) is 1.49. The number of aromatic carboxylic acids is 1. The summed E-state index contributed by atoms with van der Waals surface area (Å²) in [7, 11) is -3.34. The minimum absolute atomic E-state index is 0.0354. The lowest BCUT2D eigenvalue weighted by atomic mass is 10.2. The lowest BCUT2D eigenvalue weighted by Crippen LogP contribution is -2.07. The van der Waals surface area contributed by atoms with Crippen molar-refractivity contribution in [2.24, 2.45) is 0 Å². The molecule has 17 heavy (non-hydrogen) atoms. The summed E-state index contributed by atoms with van der Waals surface area (Å²) in [5.41, 5.74) is 0.378. The summed E-state index contributed by atoms with van der Waals surface area (Å²) in [6, 6.07) is 0. The second-order valence-electron chi connectivity index (χ2n) is 4.32. The van der Waals surface area contributed by atoms with E-state index in [0.29, 0.717) is 5.69 Å². The Hall–Kier alpha value is -1.37. The van der Waals surface area contributed by atoms with Crippen LogP contribution in [0, 0.1) is 0 Å². The van der Waals surface area contributed by atoms with E-state index < -0.39 is 21.1 Å². The summed E-state index contributed by atoms with van der Waals surface area (Å²) >= 11 is 0. The Labute approximate surface area is 98.6 Å². The van der Waals surface area contributed by atoms with Gasteiger partial charge in [0.2, 0.25) is 11.7 Å². The molecule has 0 spiro atoms. The van der Waals surface area contributed by atoms with Gasteiger partial charge in [0.05, 0.1) is 5.69 Å². The SMILES string of the molecule is CC(c1nc(C2CC2)c(C(=O)O)o1)S(C)(=O)=O. The fraction of sp³-hybridized carbons (Fsp3) is 0.600. The number of carbonyl (C=O) groups is 1. The van der Waals surface area contributed by atoms with Gasteiger partial charge in [-0.15, -0.1) is 0 Å². The highest BCUT2D eigenvalue weighted by Gasteiger charge is 2.35. The van der Waals surface area contributed by atoms with Gasteiger partial charge in [0, 0.05) is 12.2 Å². The molecule has 0 radical (unpaired) electrons. The van der Waals surface area contributed by atoms with E-state index in [2.05, 4.69) is 4.98 Å². The standard InChI is InChI=1S/C10H13NO5S/c1-5(17(2,14)15)9-11-7(6-3-4-6)8(16-9)10(12)13/h5-6H,3-4H2,1-2H3,(H,12,13). The Bertz CT molecular complexity index is 555. The van der Waals surface area contributed by atoms with Crippen LogP contribution in [0.4, 0.5) is 0 Å². The van der Waals surface area contributed by atoms with Crippen molar-refractivity contribution in [2.75, 3.05) is 6.26 Å². The van der Waals surface area contributed by atoms with E-state index in [1.807, 2.05) is 0 Å². The highest BCUT2D eigenvalue weighted by Crippen LogP contribution is 2.42. The van der Waals surface area contributed by atoms with Gasteiger partial charge in [0.1, 0.15) is 5.25 Å². The molecular weight excluding hydrogens is 246 g/mol. The third kappa shape index (κ3) is 2.33. The molecule has 1 saturated carbocycles. The zero-order valence-corrected chi connectivity index (χ0v) is 10.3. The molecule has 6 nitrogen and oxygen atoms in total. The molecular formula is C10H13NO5S. The predicted molar refractivity (Wildman–Crippen MR) is 58.7 cm³/mol. The van der Waals surface area contributed by atoms with Crippen molar-refractivity contribution >= 4 is 15.8 Å². The van der Waals surface area contributed by atoms with Gasteiger partial charge in [-0.05, 0) is 19.8 Å². The number of carboxylic acids is 1. The highest BCUT2D eigenvalue weighted by atomic mass is 32.2. The Morgan fingerprint density at radius 3 is 2.53 bits per heavy atom. The van der Waals surface area contributed by atoms with Crippen LogP contribution in [0.1, 0.15) is 53.1 Å². The van der Waals surface area contributed by atoms with E-state index in [1.54, 1.807) is 0 Å². The van der Waals surface area contributed by atoms with E-state index in [1.165, 1.54) is 6.92 Å². The van der Waals surface area contributed by atoms with E-state index >= 15 is 0 Å². The third-order valence-corrected chi connectivity index (χ3v) is 4.30. The molecule has 1 aliphatic carbocycles. The summed E-state index contributed by atoms with van der Waals surface area (Å²) in [6.07, 6.45) is 2.82. The van der Waals surface area contributed by atoms with Gasteiger partial charge in [0.15, 0.2) is 9.84 Å². The molecule has 94 valence electrons. The summed E-state index contributed by atoms with van der Waals surface area (Å²) in [6.45, 7) is 1.43. The zero-order valence-electron chi connectivity index (χ0n) is 9.50. The first-order valence-electron chi connectivity index (χ1n) is 5.23. The quantitative estimate of drug-likeness (QED) is 0.876. The first-order valence-corrected chi connectivity index (χ1v) is 7.19. The van der Waals surface area contributed by atoms with E-state index in [4.69, 9.17) is 9.52 Å². The van der Waals surface area contributed by atoms with Crippen LogP contribution in [0.25, 0.3) is 0 Å². The summed E-state index contributed by atoms with van der Waals surface area (Å²) in [4.78, 5) is 15.0. The number of rotatable bonds is 4. The Balaban J connectivity index is 2.43. The molecule has 0 amide bonds. The number of hydrogen-bond acceptors (Lipinski definition) is 5. The van der Waals surface area contributed by atoms with Crippen molar-refractivity contribution in [1.29, 1.82) is 0 Å². The minimum Gasteiger partial charge on any atom is -0.475 e. The van der Waals surface area contributed by atoms with Gasteiger partial charge < -0.3 is 9.52 Å². The van der Waals surface area contributed by atoms with Gasteiger partial charge in [-0.1, -0.05) is 0 Å². The number of hydrogen-bond donors (Lipinski definition) is 1. The summed E-state index contributed by atoms with van der Waals surface area (Å²) in [5.74, 6) is -1.36. The monoisotopic (exact) mass is 259 g/mol. The first-order chi connectivity index (χ1) is 7.80. The Morgan fingerprint density at radius 2 is 2.12 bits per heavy atom. The molecule has 1 aromatic heterocycles. The summed E-state index contributed by atoms with van der Waals surface area (Å²) in [5, 5.41) is 8.03. The Morgan fingerprint density at radius 1 is 1.53 bits per heavy atom. The van der Waals surface area contributed by atoms with Crippen LogP contribution in [0.3, 0.4) is 0 Å². The van der Waals surface area contributed by atoms with Crippen LogP contribution in [-0.2, 0) is 9.84 Å². The fourth-order valence-corrected chi connectivity index (χ4v) is 1.96. The number of oxazole rings is 1. The lowest BCUT2D eigenvalue weighted by Gasteiger charge is -2.02. The molecule has 0 bridgehead atoms. The van der Waals surface area contributed by atoms with Gasteiger partial charge >= 0.3 is 5.97 Å². The van der Waals surface area contributed by atoms with E-state index in [0.717, 1.165) is 19.1 Å². The van der Waals surface area contributed by atoms with Gasteiger partial charge in [-0.2, -0.15) is 0 Å². The van der Waals surface area contributed by atoms with Crippen molar-refractivity contribution in [3.8, 4) is 0 Å². The molecule has 0 aliphatic heterocycles. The lowest BCUT2D eigenvalue weighted by molar-refractivity contribution is 0.0658. The molecule has 1 heterocycles. The molecule has 2 rings (SSSR count). The van der Waals surface area contributed by atoms with Gasteiger partial charge in [-0.25, -0.2) is 18.2 Å². The number of carboxylic acid groups (broad SMARTS) is 1.